The molecule has 1 aliphatic carbocycles. The van der Waals surface area contributed by atoms with Crippen LogP contribution >= 0.6 is 0 Å². The van der Waals surface area contributed by atoms with E-state index in [0.717, 1.165) is 12.1 Å². The van der Waals surface area contributed by atoms with Gasteiger partial charge >= 0.3 is 12.1 Å². The SMILES string of the molecule is O=C(O)C1CC(Oc2nc(C(F)(F)F)c(-c3ccc(F)cc3)c3cc4cn[nH]c4cc23)C1. The van der Waals surface area contributed by atoms with E-state index in [1.165, 1.54) is 18.3 Å². The number of aromatic amines is 1. The van der Waals surface area contributed by atoms with Gasteiger partial charge in [-0.15, -0.1) is 0 Å². The van der Waals surface area contributed by atoms with Crippen molar-refractivity contribution in [2.75, 3.05) is 0 Å². The zero-order valence-corrected chi connectivity index (χ0v) is 16.3. The van der Waals surface area contributed by atoms with E-state index in [-0.39, 0.29) is 35.2 Å². The van der Waals surface area contributed by atoms with Crippen molar-refractivity contribution in [3.05, 3.63) is 54.1 Å². The average molecular weight is 445 g/mol. The van der Waals surface area contributed by atoms with Crippen LogP contribution in [0.25, 0.3) is 32.8 Å². The van der Waals surface area contributed by atoms with Crippen LogP contribution < -0.4 is 4.74 Å². The fraction of sp³-hybridized carbons (Fsp3) is 0.227. The lowest BCUT2D eigenvalue weighted by molar-refractivity contribution is -0.148. The Balaban J connectivity index is 1.74. The minimum Gasteiger partial charge on any atom is -0.481 e. The first-order valence-corrected chi connectivity index (χ1v) is 9.74. The predicted molar refractivity (Wildman–Crippen MR) is 107 cm³/mol. The molecule has 4 aromatic rings. The molecule has 0 radical (unpaired) electrons. The van der Waals surface area contributed by atoms with Gasteiger partial charge in [0.15, 0.2) is 5.69 Å². The lowest BCUT2D eigenvalue weighted by Gasteiger charge is -2.32. The number of alkyl halides is 3. The Morgan fingerprint density at radius 2 is 1.84 bits per heavy atom. The summed E-state index contributed by atoms with van der Waals surface area (Å²) in [5, 5.41) is 16.9. The van der Waals surface area contributed by atoms with Crippen molar-refractivity contribution in [3.63, 3.8) is 0 Å². The number of aromatic nitrogens is 3. The molecular weight excluding hydrogens is 430 g/mol. The molecule has 2 N–H and O–H groups in total. The molecule has 1 fully saturated rings. The lowest BCUT2D eigenvalue weighted by Crippen LogP contribution is -2.38. The standard InChI is InChI=1S/C22H15F4N3O3/c23-13-3-1-10(2-4-13)18-15-7-12-9-27-29-17(12)8-16(15)20(28-19(18)22(24,25)26)32-14-5-11(6-14)21(30)31/h1-4,7-9,11,14H,5-6H2,(H,27,29)(H,30,31). The van der Waals surface area contributed by atoms with Gasteiger partial charge in [0.05, 0.1) is 17.6 Å². The number of halogens is 4. The summed E-state index contributed by atoms with van der Waals surface area (Å²) >= 11 is 0. The van der Waals surface area contributed by atoms with Gasteiger partial charge in [-0.25, -0.2) is 9.37 Å². The highest BCUT2D eigenvalue weighted by molar-refractivity contribution is 6.06. The number of hydrogen-bond donors (Lipinski definition) is 2. The number of carbonyl (C=O) groups is 1. The highest BCUT2D eigenvalue weighted by Crippen LogP contribution is 2.44. The van der Waals surface area contributed by atoms with Crippen LogP contribution in [-0.4, -0.2) is 32.4 Å². The fourth-order valence-electron chi connectivity index (χ4n) is 3.95. The largest absolute Gasteiger partial charge is 0.481 e. The monoisotopic (exact) mass is 445 g/mol. The van der Waals surface area contributed by atoms with Crippen molar-refractivity contribution in [1.82, 2.24) is 15.2 Å². The van der Waals surface area contributed by atoms with Gasteiger partial charge in [0, 0.05) is 16.3 Å². The first-order chi connectivity index (χ1) is 15.2. The number of fused-ring (bicyclic) bond motifs is 2. The topological polar surface area (TPSA) is 88.1 Å². The fourth-order valence-corrected chi connectivity index (χ4v) is 3.95. The number of nitrogens with zero attached hydrogens (tertiary/aromatic N) is 2. The summed E-state index contributed by atoms with van der Waals surface area (Å²) in [6, 6.07) is 7.86. The maximum Gasteiger partial charge on any atom is 0.434 e. The molecule has 164 valence electrons. The summed E-state index contributed by atoms with van der Waals surface area (Å²) in [5.74, 6) is -2.37. The van der Waals surface area contributed by atoms with Crippen LogP contribution in [0.15, 0.2) is 42.6 Å². The van der Waals surface area contributed by atoms with E-state index in [9.17, 15) is 22.4 Å². The molecule has 2 aromatic heterocycles. The number of carboxylic acid groups (broad SMARTS) is 1. The molecule has 2 heterocycles. The number of ether oxygens (including phenoxy) is 1. The van der Waals surface area contributed by atoms with Gasteiger partial charge in [-0.05, 0) is 48.1 Å². The third-order valence-corrected chi connectivity index (χ3v) is 5.65. The van der Waals surface area contributed by atoms with Crippen LogP contribution in [0.4, 0.5) is 17.6 Å². The van der Waals surface area contributed by atoms with Gasteiger partial charge in [-0.3, -0.25) is 9.89 Å². The molecule has 10 heteroatoms. The second kappa shape index (κ2) is 7.18. The number of carboxylic acids is 1. The van der Waals surface area contributed by atoms with E-state index in [1.807, 2.05) is 0 Å². The molecule has 0 unspecified atom stereocenters. The molecule has 6 nitrogen and oxygen atoms in total. The minimum atomic E-state index is -4.81. The molecule has 0 spiro atoms. The maximum atomic E-state index is 14.1. The Hall–Kier alpha value is -3.69. The van der Waals surface area contributed by atoms with Crippen LogP contribution in [0.3, 0.4) is 0 Å². The Bertz CT molecular complexity index is 1340. The number of benzene rings is 2. The highest BCUT2D eigenvalue weighted by atomic mass is 19.4. The highest BCUT2D eigenvalue weighted by Gasteiger charge is 2.40. The molecule has 0 amide bonds. The van der Waals surface area contributed by atoms with Crippen LogP contribution in [0, 0.1) is 11.7 Å². The van der Waals surface area contributed by atoms with E-state index in [4.69, 9.17) is 9.84 Å². The van der Waals surface area contributed by atoms with Gasteiger partial charge in [-0.1, -0.05) is 12.1 Å². The molecule has 2 aromatic carbocycles. The van der Waals surface area contributed by atoms with Crippen molar-refractivity contribution in [3.8, 4) is 17.0 Å². The number of rotatable bonds is 4. The van der Waals surface area contributed by atoms with Crippen LogP contribution in [0.1, 0.15) is 18.5 Å². The summed E-state index contributed by atoms with van der Waals surface area (Å²) in [6.07, 6.45) is -3.51. The second-order valence-corrected chi connectivity index (χ2v) is 7.75. The lowest BCUT2D eigenvalue weighted by atomic mass is 9.82. The molecule has 0 saturated heterocycles. The number of H-pyrrole nitrogens is 1. The first-order valence-electron chi connectivity index (χ1n) is 9.74. The average Bonchev–Trinajstić information content (AvgIpc) is 3.15. The Morgan fingerprint density at radius 1 is 1.12 bits per heavy atom. The summed E-state index contributed by atoms with van der Waals surface area (Å²) in [7, 11) is 0. The van der Waals surface area contributed by atoms with Crippen molar-refractivity contribution in [2.24, 2.45) is 5.92 Å². The van der Waals surface area contributed by atoms with Crippen LogP contribution in [0.2, 0.25) is 0 Å². The minimum absolute atomic E-state index is 0.153. The van der Waals surface area contributed by atoms with Gasteiger partial charge in [0.1, 0.15) is 11.9 Å². The molecule has 0 aliphatic heterocycles. The van der Waals surface area contributed by atoms with Crippen molar-refractivity contribution in [2.45, 2.75) is 25.1 Å². The molecule has 0 bridgehead atoms. The number of aliphatic carboxylic acids is 1. The third kappa shape index (κ3) is 3.41. The quantitative estimate of drug-likeness (QED) is 0.423. The second-order valence-electron chi connectivity index (χ2n) is 7.75. The summed E-state index contributed by atoms with van der Waals surface area (Å²) < 4.78 is 61.5. The first kappa shape index (κ1) is 20.2. The molecule has 1 aliphatic rings. The maximum absolute atomic E-state index is 14.1. The summed E-state index contributed by atoms with van der Waals surface area (Å²) in [4.78, 5) is 14.9. The van der Waals surface area contributed by atoms with Crippen molar-refractivity contribution in [1.29, 1.82) is 0 Å². The third-order valence-electron chi connectivity index (χ3n) is 5.65. The molecular formula is C22H15F4N3O3. The van der Waals surface area contributed by atoms with Crippen molar-refractivity contribution >= 4 is 27.6 Å². The van der Waals surface area contributed by atoms with E-state index in [2.05, 4.69) is 15.2 Å². The van der Waals surface area contributed by atoms with E-state index < -0.39 is 35.7 Å². The number of hydrogen-bond acceptors (Lipinski definition) is 4. The molecule has 0 atom stereocenters. The zero-order chi connectivity index (χ0) is 22.6. The molecule has 1 saturated carbocycles. The van der Waals surface area contributed by atoms with Gasteiger partial charge in [0.2, 0.25) is 5.88 Å². The van der Waals surface area contributed by atoms with Gasteiger partial charge < -0.3 is 9.84 Å². The Kier molecular flexibility index (Phi) is 4.54. The molecule has 32 heavy (non-hydrogen) atoms. The van der Waals surface area contributed by atoms with Crippen LogP contribution in [0.5, 0.6) is 5.88 Å². The van der Waals surface area contributed by atoms with Crippen molar-refractivity contribution < 1.29 is 32.2 Å². The normalized spacial score (nSPS) is 18.6. The van der Waals surface area contributed by atoms with Gasteiger partial charge in [-0.2, -0.15) is 18.3 Å². The van der Waals surface area contributed by atoms with Crippen LogP contribution in [-0.2, 0) is 11.0 Å². The Labute approximate surface area is 177 Å². The number of nitrogens with one attached hydrogen (secondary N) is 1. The number of pyridine rings is 1. The Morgan fingerprint density at radius 3 is 2.50 bits per heavy atom. The molecule has 5 rings (SSSR count). The smallest absolute Gasteiger partial charge is 0.434 e. The van der Waals surface area contributed by atoms with E-state index in [0.29, 0.717) is 16.3 Å². The van der Waals surface area contributed by atoms with E-state index >= 15 is 0 Å². The predicted octanol–water partition coefficient (Wildman–Crippen LogP) is 5.18. The summed E-state index contributed by atoms with van der Waals surface area (Å²) in [5.41, 5.74) is -0.630. The summed E-state index contributed by atoms with van der Waals surface area (Å²) in [6.45, 7) is 0. The van der Waals surface area contributed by atoms with E-state index in [1.54, 1.807) is 12.1 Å². The van der Waals surface area contributed by atoms with Gasteiger partial charge in [0.25, 0.3) is 0 Å². The zero-order valence-electron chi connectivity index (χ0n) is 16.3.